The van der Waals surface area contributed by atoms with Crippen molar-refractivity contribution in [2.75, 3.05) is 51.2 Å². The van der Waals surface area contributed by atoms with Gasteiger partial charge in [-0.1, -0.05) is 23.9 Å². The molecule has 0 saturated carbocycles. The summed E-state index contributed by atoms with van der Waals surface area (Å²) in [6.45, 7) is 6.25. The summed E-state index contributed by atoms with van der Waals surface area (Å²) in [7, 11) is 2.17. The Kier molecular flexibility index (Phi) is 6.60. The highest BCUT2D eigenvalue weighted by molar-refractivity contribution is 7.99. The minimum Gasteiger partial charge on any atom is -0.340 e. The standard InChI is InChI=1S/C23H28F3N3S/c1-27-11-6-13-28(16-15-27)12-4-5-14-29-19-7-2-3-8-21(19)30-22-10-9-18(17-20(22)29)23(24,25)26/h2-3,7-10,17H,4-6,11-16H2,1H3. The van der Waals surface area contributed by atoms with Crippen molar-refractivity contribution < 1.29 is 13.2 Å². The molecule has 2 heterocycles. The van der Waals surface area contributed by atoms with Gasteiger partial charge in [0.1, 0.15) is 0 Å². The predicted molar refractivity (Wildman–Crippen MR) is 117 cm³/mol. The first-order valence-electron chi connectivity index (χ1n) is 10.6. The lowest BCUT2D eigenvalue weighted by molar-refractivity contribution is -0.137. The van der Waals surface area contributed by atoms with Gasteiger partial charge in [-0.2, -0.15) is 13.2 Å². The molecule has 162 valence electrons. The summed E-state index contributed by atoms with van der Waals surface area (Å²) in [5.41, 5.74) is 1.09. The van der Waals surface area contributed by atoms with E-state index in [0.29, 0.717) is 5.69 Å². The molecule has 0 spiro atoms. The minimum absolute atomic E-state index is 0.583. The highest BCUT2D eigenvalue weighted by Gasteiger charge is 2.33. The lowest BCUT2D eigenvalue weighted by atomic mass is 10.1. The van der Waals surface area contributed by atoms with E-state index in [4.69, 9.17) is 0 Å². The maximum Gasteiger partial charge on any atom is 0.416 e. The van der Waals surface area contributed by atoms with Gasteiger partial charge < -0.3 is 14.7 Å². The van der Waals surface area contributed by atoms with Crippen molar-refractivity contribution in [2.45, 2.75) is 35.2 Å². The van der Waals surface area contributed by atoms with E-state index in [2.05, 4.69) is 21.7 Å². The SMILES string of the molecule is CN1CCCN(CCCCN2c3ccccc3Sc3ccc(C(F)(F)F)cc32)CC1. The second-order valence-corrected chi connectivity index (χ2v) is 9.19. The summed E-state index contributed by atoms with van der Waals surface area (Å²) in [5, 5.41) is 0. The molecule has 2 aliphatic heterocycles. The van der Waals surface area contributed by atoms with Crippen molar-refractivity contribution >= 4 is 23.1 Å². The number of hydrogen-bond acceptors (Lipinski definition) is 4. The summed E-state index contributed by atoms with van der Waals surface area (Å²) < 4.78 is 40.0. The van der Waals surface area contributed by atoms with Crippen LogP contribution in [0.15, 0.2) is 52.3 Å². The first-order valence-corrected chi connectivity index (χ1v) is 11.4. The summed E-state index contributed by atoms with van der Waals surface area (Å²) >= 11 is 1.55. The Morgan fingerprint density at radius 3 is 2.47 bits per heavy atom. The fourth-order valence-electron chi connectivity index (χ4n) is 4.18. The van der Waals surface area contributed by atoms with Crippen LogP contribution in [0.3, 0.4) is 0 Å². The molecule has 2 aromatic rings. The van der Waals surface area contributed by atoms with Crippen LogP contribution in [0.4, 0.5) is 24.5 Å². The number of halogens is 3. The monoisotopic (exact) mass is 435 g/mol. The first-order chi connectivity index (χ1) is 14.4. The van der Waals surface area contributed by atoms with Gasteiger partial charge in [-0.15, -0.1) is 0 Å². The highest BCUT2D eigenvalue weighted by Crippen LogP contribution is 2.49. The fraction of sp³-hybridized carbons (Fsp3) is 0.478. The molecule has 0 bridgehead atoms. The van der Waals surface area contributed by atoms with Gasteiger partial charge >= 0.3 is 6.18 Å². The smallest absolute Gasteiger partial charge is 0.340 e. The molecule has 1 fully saturated rings. The van der Waals surface area contributed by atoms with Crippen LogP contribution < -0.4 is 4.90 Å². The zero-order valence-corrected chi connectivity index (χ0v) is 18.1. The Morgan fingerprint density at radius 2 is 1.63 bits per heavy atom. The molecule has 0 unspecified atom stereocenters. The number of alkyl halides is 3. The van der Waals surface area contributed by atoms with Gasteiger partial charge in [0.05, 0.1) is 16.9 Å². The molecular formula is C23H28F3N3S. The van der Waals surface area contributed by atoms with Crippen LogP contribution >= 0.6 is 11.8 Å². The maximum absolute atomic E-state index is 13.3. The molecule has 0 aromatic heterocycles. The number of rotatable bonds is 5. The van der Waals surface area contributed by atoms with E-state index >= 15 is 0 Å². The average molecular weight is 436 g/mol. The molecule has 30 heavy (non-hydrogen) atoms. The topological polar surface area (TPSA) is 9.72 Å². The van der Waals surface area contributed by atoms with Gasteiger partial charge in [-0.05, 0) is 76.3 Å². The number of nitrogens with zero attached hydrogens (tertiary/aromatic N) is 3. The van der Waals surface area contributed by atoms with Gasteiger partial charge in [0.2, 0.25) is 0 Å². The third kappa shape index (κ3) is 4.95. The molecule has 4 rings (SSSR count). The van der Waals surface area contributed by atoms with E-state index in [1.807, 2.05) is 24.3 Å². The molecular weight excluding hydrogens is 407 g/mol. The molecule has 0 aliphatic carbocycles. The van der Waals surface area contributed by atoms with E-state index in [9.17, 15) is 13.2 Å². The van der Waals surface area contributed by atoms with Crippen molar-refractivity contribution in [1.82, 2.24) is 9.80 Å². The molecule has 0 radical (unpaired) electrons. The number of hydrogen-bond donors (Lipinski definition) is 0. The Morgan fingerprint density at radius 1 is 0.867 bits per heavy atom. The van der Waals surface area contributed by atoms with Gasteiger partial charge in [-0.3, -0.25) is 0 Å². The van der Waals surface area contributed by atoms with Crippen molar-refractivity contribution in [1.29, 1.82) is 0 Å². The van der Waals surface area contributed by atoms with Gasteiger partial charge in [0.25, 0.3) is 0 Å². The van der Waals surface area contributed by atoms with Crippen LogP contribution in [0.2, 0.25) is 0 Å². The minimum atomic E-state index is -4.33. The van der Waals surface area contributed by atoms with E-state index in [1.54, 1.807) is 17.8 Å². The largest absolute Gasteiger partial charge is 0.416 e. The van der Waals surface area contributed by atoms with Crippen LogP contribution in [0.25, 0.3) is 0 Å². The molecule has 0 atom stereocenters. The number of unbranched alkanes of at least 4 members (excludes halogenated alkanes) is 1. The third-order valence-electron chi connectivity index (χ3n) is 5.87. The van der Waals surface area contributed by atoms with Gasteiger partial charge in [-0.25, -0.2) is 0 Å². The van der Waals surface area contributed by atoms with Crippen molar-refractivity contribution in [3.8, 4) is 0 Å². The van der Waals surface area contributed by atoms with E-state index in [-0.39, 0.29) is 0 Å². The van der Waals surface area contributed by atoms with Crippen LogP contribution in [-0.4, -0.2) is 56.1 Å². The van der Waals surface area contributed by atoms with Crippen LogP contribution in [0, 0.1) is 0 Å². The van der Waals surface area contributed by atoms with E-state index in [0.717, 1.165) is 67.6 Å². The fourth-order valence-corrected chi connectivity index (χ4v) is 5.25. The van der Waals surface area contributed by atoms with Crippen molar-refractivity contribution in [3.63, 3.8) is 0 Å². The van der Waals surface area contributed by atoms with Crippen LogP contribution in [0.1, 0.15) is 24.8 Å². The van der Waals surface area contributed by atoms with E-state index in [1.165, 1.54) is 18.6 Å². The number of likely N-dealkylation sites (N-methyl/N-ethyl adjacent to an activating group) is 1. The Labute approximate surface area is 180 Å². The Hall–Kier alpha value is -1.70. The molecule has 7 heteroatoms. The highest BCUT2D eigenvalue weighted by atomic mass is 32.2. The van der Waals surface area contributed by atoms with Gasteiger partial charge in [0.15, 0.2) is 0 Å². The number of benzene rings is 2. The lowest BCUT2D eigenvalue weighted by Gasteiger charge is -2.33. The quantitative estimate of drug-likeness (QED) is 0.555. The first kappa shape index (κ1) is 21.5. The second kappa shape index (κ2) is 9.20. The summed E-state index contributed by atoms with van der Waals surface area (Å²) in [4.78, 5) is 8.95. The molecule has 2 aromatic carbocycles. The second-order valence-electron chi connectivity index (χ2n) is 8.11. The number of anilines is 2. The molecule has 1 saturated heterocycles. The Balaban J connectivity index is 1.47. The molecule has 3 nitrogen and oxygen atoms in total. The zero-order chi connectivity index (χ0) is 21.1. The summed E-state index contributed by atoms with van der Waals surface area (Å²) in [6.07, 6.45) is -1.14. The number of para-hydroxylation sites is 1. The van der Waals surface area contributed by atoms with Gasteiger partial charge in [0, 0.05) is 29.4 Å². The van der Waals surface area contributed by atoms with Crippen LogP contribution in [0.5, 0.6) is 0 Å². The zero-order valence-electron chi connectivity index (χ0n) is 17.3. The van der Waals surface area contributed by atoms with Crippen LogP contribution in [-0.2, 0) is 6.18 Å². The number of fused-ring (bicyclic) bond motifs is 2. The van der Waals surface area contributed by atoms with E-state index < -0.39 is 11.7 Å². The Bertz CT molecular complexity index is 871. The third-order valence-corrected chi connectivity index (χ3v) is 7.00. The normalized spacial score (nSPS) is 18.1. The average Bonchev–Trinajstić information content (AvgIpc) is 2.93. The predicted octanol–water partition coefficient (Wildman–Crippen LogP) is 5.73. The lowest BCUT2D eigenvalue weighted by Crippen LogP contribution is -2.30. The summed E-state index contributed by atoms with van der Waals surface area (Å²) in [6, 6.07) is 12.1. The molecule has 2 aliphatic rings. The maximum atomic E-state index is 13.3. The summed E-state index contributed by atoms with van der Waals surface area (Å²) in [5.74, 6) is 0. The molecule has 0 amide bonds. The van der Waals surface area contributed by atoms with Crippen molar-refractivity contribution in [2.24, 2.45) is 0 Å². The van der Waals surface area contributed by atoms with Crippen molar-refractivity contribution in [3.05, 3.63) is 48.0 Å². The molecule has 0 N–H and O–H groups in total.